The summed E-state index contributed by atoms with van der Waals surface area (Å²) in [5, 5.41) is 13.5. The fourth-order valence-corrected chi connectivity index (χ4v) is 2.88. The van der Waals surface area contributed by atoms with E-state index in [0.29, 0.717) is 18.7 Å². The van der Waals surface area contributed by atoms with Crippen molar-refractivity contribution in [3.63, 3.8) is 0 Å². The van der Waals surface area contributed by atoms with Crippen molar-refractivity contribution in [1.29, 1.82) is 0 Å². The Morgan fingerprint density at radius 1 is 1.12 bits per heavy atom. The number of aromatic nitrogens is 2. The van der Waals surface area contributed by atoms with Crippen LogP contribution in [0.15, 0.2) is 59.6 Å². The van der Waals surface area contributed by atoms with E-state index in [-0.39, 0.29) is 18.2 Å². The first-order chi connectivity index (χ1) is 12.2. The third kappa shape index (κ3) is 4.77. The Balaban J connectivity index is 1.41. The summed E-state index contributed by atoms with van der Waals surface area (Å²) >= 11 is 1.47. The first-order valence-electron chi connectivity index (χ1n) is 7.88. The van der Waals surface area contributed by atoms with Gasteiger partial charge in [0.2, 0.25) is 5.91 Å². The first-order valence-corrected chi connectivity index (χ1v) is 8.83. The minimum atomic E-state index is -0.154. The van der Waals surface area contributed by atoms with E-state index in [2.05, 4.69) is 15.7 Å². The molecule has 0 aliphatic heterocycles. The van der Waals surface area contributed by atoms with Crippen LogP contribution in [0.5, 0.6) is 0 Å². The second-order valence-electron chi connectivity index (χ2n) is 5.42. The summed E-state index contributed by atoms with van der Waals surface area (Å²) in [5.41, 5.74) is 2.51. The molecule has 0 fully saturated rings. The third-order valence-electron chi connectivity index (χ3n) is 3.57. The molecule has 1 aromatic carbocycles. The molecular formula is C18H18N4O2S. The normalized spacial score (nSPS) is 10.4. The van der Waals surface area contributed by atoms with Gasteiger partial charge in [0.25, 0.3) is 5.91 Å². The number of hydrogen-bond donors (Lipinski definition) is 2. The van der Waals surface area contributed by atoms with E-state index in [1.165, 1.54) is 11.3 Å². The summed E-state index contributed by atoms with van der Waals surface area (Å²) in [4.78, 5) is 23.6. The lowest BCUT2D eigenvalue weighted by Crippen LogP contribution is -2.30. The number of nitrogens with zero attached hydrogens (tertiary/aromatic N) is 2. The fourth-order valence-electron chi connectivity index (χ4n) is 2.25. The van der Waals surface area contributed by atoms with E-state index >= 15 is 0 Å². The van der Waals surface area contributed by atoms with Crippen LogP contribution < -0.4 is 10.6 Å². The maximum Gasteiger partial charge on any atom is 0.252 e. The van der Waals surface area contributed by atoms with Crippen LogP contribution in [0, 0.1) is 0 Å². The molecule has 0 aliphatic carbocycles. The standard InChI is InChI=1S/C18H18N4O2S/c23-17(6-8-19-18(24)15-7-9-25-13-15)20-10-14-11-21-22(12-14)16-4-2-1-3-5-16/h1-5,7,9,11-13H,6,8,10H2,(H,19,24)(H,20,23). The molecule has 3 aromatic rings. The SMILES string of the molecule is O=C(CCNC(=O)c1ccsc1)NCc1cnn(-c2ccccc2)c1. The van der Waals surface area contributed by atoms with Crippen molar-refractivity contribution in [1.82, 2.24) is 20.4 Å². The average molecular weight is 354 g/mol. The predicted molar refractivity (Wildman–Crippen MR) is 96.7 cm³/mol. The molecule has 0 bridgehead atoms. The summed E-state index contributed by atoms with van der Waals surface area (Å²) in [6.07, 6.45) is 3.85. The molecular weight excluding hydrogens is 336 g/mol. The first kappa shape index (κ1) is 16.9. The summed E-state index contributed by atoms with van der Waals surface area (Å²) in [6, 6.07) is 11.5. The number of carbonyl (C=O) groups is 2. The van der Waals surface area contributed by atoms with Crippen molar-refractivity contribution in [2.24, 2.45) is 0 Å². The number of hydrogen-bond acceptors (Lipinski definition) is 4. The average Bonchev–Trinajstić information content (AvgIpc) is 3.32. The molecule has 2 heterocycles. The van der Waals surface area contributed by atoms with Gasteiger partial charge in [0.15, 0.2) is 0 Å². The topological polar surface area (TPSA) is 76.0 Å². The maximum absolute atomic E-state index is 11.9. The molecule has 0 saturated heterocycles. The van der Waals surface area contributed by atoms with Gasteiger partial charge in [0, 0.05) is 42.2 Å². The Kier molecular flexibility index (Phi) is 5.58. The van der Waals surface area contributed by atoms with E-state index in [0.717, 1.165) is 11.3 Å². The van der Waals surface area contributed by atoms with Crippen molar-refractivity contribution in [2.45, 2.75) is 13.0 Å². The Labute approximate surface area is 149 Å². The molecule has 7 heteroatoms. The highest BCUT2D eigenvalue weighted by Crippen LogP contribution is 2.07. The second-order valence-corrected chi connectivity index (χ2v) is 6.20. The minimum absolute atomic E-state index is 0.113. The predicted octanol–water partition coefficient (Wildman–Crippen LogP) is 2.37. The number of amides is 2. The van der Waals surface area contributed by atoms with Crippen molar-refractivity contribution >= 4 is 23.2 Å². The van der Waals surface area contributed by atoms with Crippen LogP contribution in [-0.2, 0) is 11.3 Å². The fraction of sp³-hybridized carbons (Fsp3) is 0.167. The summed E-state index contributed by atoms with van der Waals surface area (Å²) in [5.74, 6) is -0.267. The zero-order valence-electron chi connectivity index (χ0n) is 13.5. The highest BCUT2D eigenvalue weighted by atomic mass is 32.1. The highest BCUT2D eigenvalue weighted by Gasteiger charge is 2.07. The van der Waals surface area contributed by atoms with Gasteiger partial charge >= 0.3 is 0 Å². The molecule has 0 spiro atoms. The number of benzene rings is 1. The highest BCUT2D eigenvalue weighted by molar-refractivity contribution is 7.08. The number of rotatable bonds is 7. The van der Waals surface area contributed by atoms with E-state index in [1.54, 1.807) is 22.3 Å². The zero-order chi connectivity index (χ0) is 17.5. The quantitative estimate of drug-likeness (QED) is 0.684. The molecule has 0 saturated carbocycles. The molecule has 0 aliphatic rings. The van der Waals surface area contributed by atoms with E-state index in [4.69, 9.17) is 0 Å². The van der Waals surface area contributed by atoms with Crippen LogP contribution in [0.4, 0.5) is 0 Å². The summed E-state index contributed by atoms with van der Waals surface area (Å²) < 4.78 is 1.77. The molecule has 6 nitrogen and oxygen atoms in total. The van der Waals surface area contributed by atoms with Crippen LogP contribution in [0.2, 0.25) is 0 Å². The lowest BCUT2D eigenvalue weighted by atomic mass is 10.3. The minimum Gasteiger partial charge on any atom is -0.352 e. The zero-order valence-corrected chi connectivity index (χ0v) is 14.3. The van der Waals surface area contributed by atoms with Crippen LogP contribution >= 0.6 is 11.3 Å². The summed E-state index contributed by atoms with van der Waals surface area (Å²) in [6.45, 7) is 0.716. The Morgan fingerprint density at radius 2 is 1.96 bits per heavy atom. The van der Waals surface area contributed by atoms with Crippen LogP contribution in [0.1, 0.15) is 22.3 Å². The molecule has 0 atom stereocenters. The van der Waals surface area contributed by atoms with Gasteiger partial charge < -0.3 is 10.6 Å². The molecule has 2 N–H and O–H groups in total. The largest absolute Gasteiger partial charge is 0.352 e. The summed E-state index contributed by atoms with van der Waals surface area (Å²) in [7, 11) is 0. The monoisotopic (exact) mass is 354 g/mol. The van der Waals surface area contributed by atoms with Gasteiger partial charge in [-0.25, -0.2) is 4.68 Å². The van der Waals surface area contributed by atoms with E-state index < -0.39 is 0 Å². The van der Waals surface area contributed by atoms with E-state index in [1.807, 2.05) is 41.9 Å². The maximum atomic E-state index is 11.9. The van der Waals surface area contributed by atoms with Gasteiger partial charge in [-0.3, -0.25) is 9.59 Å². The third-order valence-corrected chi connectivity index (χ3v) is 4.25. The number of nitrogens with one attached hydrogen (secondary N) is 2. The molecule has 0 radical (unpaired) electrons. The number of thiophene rings is 1. The molecule has 0 unspecified atom stereocenters. The Bertz CT molecular complexity index is 828. The van der Waals surface area contributed by atoms with Gasteiger partial charge in [-0.1, -0.05) is 18.2 Å². The van der Waals surface area contributed by atoms with Crippen LogP contribution in [0.3, 0.4) is 0 Å². The van der Waals surface area contributed by atoms with Gasteiger partial charge in [-0.05, 0) is 23.6 Å². The second kappa shape index (κ2) is 8.25. The smallest absolute Gasteiger partial charge is 0.252 e. The number of carbonyl (C=O) groups excluding carboxylic acids is 2. The Hall–Kier alpha value is -2.93. The van der Waals surface area contributed by atoms with Crippen molar-refractivity contribution in [3.05, 3.63) is 70.7 Å². The Morgan fingerprint density at radius 3 is 2.72 bits per heavy atom. The molecule has 128 valence electrons. The molecule has 2 aromatic heterocycles. The van der Waals surface area contributed by atoms with Gasteiger partial charge in [0.05, 0.1) is 11.9 Å². The van der Waals surface area contributed by atoms with Gasteiger partial charge in [-0.15, -0.1) is 0 Å². The van der Waals surface area contributed by atoms with E-state index in [9.17, 15) is 9.59 Å². The van der Waals surface area contributed by atoms with Crippen LogP contribution in [0.25, 0.3) is 5.69 Å². The lowest BCUT2D eigenvalue weighted by molar-refractivity contribution is -0.121. The van der Waals surface area contributed by atoms with Gasteiger partial charge in [-0.2, -0.15) is 16.4 Å². The van der Waals surface area contributed by atoms with Crippen molar-refractivity contribution in [2.75, 3.05) is 6.54 Å². The van der Waals surface area contributed by atoms with Gasteiger partial charge in [0.1, 0.15) is 0 Å². The van der Waals surface area contributed by atoms with Crippen molar-refractivity contribution in [3.8, 4) is 5.69 Å². The van der Waals surface area contributed by atoms with Crippen LogP contribution in [-0.4, -0.2) is 28.1 Å². The number of para-hydroxylation sites is 1. The van der Waals surface area contributed by atoms with Crippen molar-refractivity contribution < 1.29 is 9.59 Å². The molecule has 2 amide bonds. The molecule has 3 rings (SSSR count). The molecule has 25 heavy (non-hydrogen) atoms. The lowest BCUT2D eigenvalue weighted by Gasteiger charge is -2.05.